The smallest absolute Gasteiger partial charge is 0.336 e. The predicted molar refractivity (Wildman–Crippen MR) is 140 cm³/mol. The van der Waals surface area contributed by atoms with E-state index in [4.69, 9.17) is 14.2 Å². The van der Waals surface area contributed by atoms with Crippen LogP contribution in [0.4, 0.5) is 4.79 Å². The van der Waals surface area contributed by atoms with E-state index in [9.17, 15) is 9.59 Å². The highest BCUT2D eigenvalue weighted by Gasteiger charge is 2.47. The number of urea groups is 1. The summed E-state index contributed by atoms with van der Waals surface area (Å²) < 4.78 is 16.9. The second-order valence-electron chi connectivity index (χ2n) is 9.70. The molecule has 3 aliphatic rings. The number of benzene rings is 2. The quantitative estimate of drug-likeness (QED) is 0.554. The van der Waals surface area contributed by atoms with E-state index < -0.39 is 0 Å². The number of methoxy groups -OCH3 is 1. The van der Waals surface area contributed by atoms with E-state index in [1.807, 2.05) is 59.5 Å². The molecule has 0 aliphatic carbocycles. The first-order chi connectivity index (χ1) is 18.2. The number of nitrogens with one attached hydrogen (secondary N) is 1. The molecule has 0 unspecified atom stereocenters. The summed E-state index contributed by atoms with van der Waals surface area (Å²) in [6.07, 6.45) is 2.17. The van der Waals surface area contributed by atoms with E-state index in [1.165, 1.54) is 7.11 Å². The number of carbonyl (C=O) groups excluding carboxylic acids is 2. The summed E-state index contributed by atoms with van der Waals surface area (Å²) in [6.45, 7) is 5.02. The molecule has 2 aromatic carbocycles. The van der Waals surface area contributed by atoms with Crippen LogP contribution in [0.15, 0.2) is 60.2 Å². The SMILES string of the molecule is COC(=O)C1=C(c2ccccc2OCc2ccccc2)C[C@@H]2CC[C@H]1N2C(=O)NCCN1CCOCC1. The Balaban J connectivity index is 1.36. The topological polar surface area (TPSA) is 80.3 Å². The number of esters is 1. The number of rotatable bonds is 8. The number of ether oxygens (including phenoxy) is 3. The lowest BCUT2D eigenvalue weighted by molar-refractivity contribution is -0.136. The molecule has 2 amide bonds. The van der Waals surface area contributed by atoms with Crippen molar-refractivity contribution in [2.45, 2.75) is 38.0 Å². The second-order valence-corrected chi connectivity index (χ2v) is 9.70. The zero-order valence-electron chi connectivity index (χ0n) is 21.4. The van der Waals surface area contributed by atoms with Gasteiger partial charge in [-0.2, -0.15) is 0 Å². The Bertz CT molecular complexity index is 1130. The molecule has 8 nitrogen and oxygen atoms in total. The van der Waals surface area contributed by atoms with Crippen LogP contribution in [-0.4, -0.2) is 80.4 Å². The van der Waals surface area contributed by atoms with Crippen molar-refractivity contribution < 1.29 is 23.8 Å². The number of nitrogens with zero attached hydrogens (tertiary/aromatic N) is 2. The minimum absolute atomic E-state index is 0.0268. The highest BCUT2D eigenvalue weighted by Crippen LogP contribution is 2.45. The summed E-state index contributed by atoms with van der Waals surface area (Å²) in [6, 6.07) is 17.4. The van der Waals surface area contributed by atoms with Gasteiger partial charge in [0, 0.05) is 37.8 Å². The highest BCUT2D eigenvalue weighted by atomic mass is 16.5. The Labute approximate surface area is 218 Å². The number of carbonyl (C=O) groups is 2. The first-order valence-corrected chi connectivity index (χ1v) is 13.1. The Hall–Kier alpha value is -3.36. The van der Waals surface area contributed by atoms with Gasteiger partial charge in [-0.05, 0) is 36.5 Å². The van der Waals surface area contributed by atoms with Crippen LogP contribution in [0.5, 0.6) is 5.75 Å². The van der Waals surface area contributed by atoms with Gasteiger partial charge in [0.2, 0.25) is 0 Å². The summed E-state index contributed by atoms with van der Waals surface area (Å²) in [4.78, 5) is 30.6. The van der Waals surface area contributed by atoms with Crippen molar-refractivity contribution in [3.8, 4) is 5.75 Å². The molecule has 3 heterocycles. The summed E-state index contributed by atoms with van der Waals surface area (Å²) in [5.74, 6) is 0.342. The zero-order chi connectivity index (χ0) is 25.6. The molecule has 196 valence electrons. The molecule has 0 saturated carbocycles. The normalized spacial score (nSPS) is 21.6. The van der Waals surface area contributed by atoms with Crippen molar-refractivity contribution in [3.05, 3.63) is 71.3 Å². The number of fused-ring (bicyclic) bond motifs is 2. The average Bonchev–Trinajstić information content (AvgIpc) is 3.26. The van der Waals surface area contributed by atoms with Gasteiger partial charge in [0.1, 0.15) is 12.4 Å². The summed E-state index contributed by atoms with van der Waals surface area (Å²) >= 11 is 0. The molecule has 2 aromatic rings. The molecule has 37 heavy (non-hydrogen) atoms. The molecule has 2 fully saturated rings. The second kappa shape index (κ2) is 11.8. The van der Waals surface area contributed by atoms with Gasteiger partial charge < -0.3 is 24.4 Å². The monoisotopic (exact) mass is 505 g/mol. The molecule has 0 radical (unpaired) electrons. The lowest BCUT2D eigenvalue weighted by Gasteiger charge is -2.37. The minimum atomic E-state index is -0.385. The van der Waals surface area contributed by atoms with Gasteiger partial charge in [-0.15, -0.1) is 0 Å². The number of amides is 2. The highest BCUT2D eigenvalue weighted by molar-refractivity contribution is 6.01. The number of morpholine rings is 1. The van der Waals surface area contributed by atoms with E-state index >= 15 is 0 Å². The van der Waals surface area contributed by atoms with Gasteiger partial charge in [-0.3, -0.25) is 4.90 Å². The number of hydrogen-bond acceptors (Lipinski definition) is 6. The average molecular weight is 506 g/mol. The molecule has 2 bridgehead atoms. The maximum Gasteiger partial charge on any atom is 0.336 e. The van der Waals surface area contributed by atoms with Gasteiger partial charge in [0.05, 0.1) is 31.9 Å². The molecule has 2 saturated heterocycles. The lowest BCUT2D eigenvalue weighted by atomic mass is 9.88. The predicted octanol–water partition coefficient (Wildman–Crippen LogP) is 3.47. The molecule has 8 heteroatoms. The van der Waals surface area contributed by atoms with Crippen LogP contribution < -0.4 is 10.1 Å². The summed E-state index contributed by atoms with van der Waals surface area (Å²) in [7, 11) is 1.40. The molecule has 0 aromatic heterocycles. The standard InChI is InChI=1S/C29H35N3O5/c1-35-28(33)27-24(23-9-5-6-10-26(23)37-20-21-7-3-2-4-8-21)19-22-11-12-25(27)32(22)29(34)30-13-14-31-15-17-36-18-16-31/h2-10,22,25H,11-20H2,1H3,(H,30,34)/t22-,25+/m0/s1. The van der Waals surface area contributed by atoms with Crippen LogP contribution in [0.3, 0.4) is 0 Å². The van der Waals surface area contributed by atoms with E-state index in [0.717, 1.165) is 68.1 Å². The van der Waals surface area contributed by atoms with Crippen molar-refractivity contribution in [1.29, 1.82) is 0 Å². The fourth-order valence-corrected chi connectivity index (χ4v) is 5.66. The molecule has 5 rings (SSSR count). The maximum atomic E-state index is 13.3. The Morgan fingerprint density at radius 1 is 1.03 bits per heavy atom. The Kier molecular flexibility index (Phi) is 8.06. The molecule has 3 aliphatic heterocycles. The van der Waals surface area contributed by atoms with Crippen molar-refractivity contribution in [1.82, 2.24) is 15.1 Å². The van der Waals surface area contributed by atoms with Gasteiger partial charge in [-0.25, -0.2) is 9.59 Å². The molecule has 2 atom stereocenters. The van der Waals surface area contributed by atoms with E-state index in [0.29, 0.717) is 25.1 Å². The fourth-order valence-electron chi connectivity index (χ4n) is 5.66. The first-order valence-electron chi connectivity index (χ1n) is 13.1. The summed E-state index contributed by atoms with van der Waals surface area (Å²) in [5, 5.41) is 3.09. The summed E-state index contributed by atoms with van der Waals surface area (Å²) in [5.41, 5.74) is 3.45. The van der Waals surface area contributed by atoms with E-state index in [-0.39, 0.29) is 24.1 Å². The van der Waals surface area contributed by atoms with Crippen molar-refractivity contribution in [3.63, 3.8) is 0 Å². The van der Waals surface area contributed by atoms with Gasteiger partial charge >= 0.3 is 12.0 Å². The third kappa shape index (κ3) is 5.65. The van der Waals surface area contributed by atoms with Crippen LogP contribution >= 0.6 is 0 Å². The van der Waals surface area contributed by atoms with Crippen molar-refractivity contribution >= 4 is 17.6 Å². The van der Waals surface area contributed by atoms with Gasteiger partial charge in [0.15, 0.2) is 0 Å². The third-order valence-corrected chi connectivity index (χ3v) is 7.50. The Morgan fingerprint density at radius 3 is 2.57 bits per heavy atom. The minimum Gasteiger partial charge on any atom is -0.488 e. The van der Waals surface area contributed by atoms with Crippen LogP contribution in [0.25, 0.3) is 5.57 Å². The van der Waals surface area contributed by atoms with Crippen LogP contribution in [-0.2, 0) is 20.9 Å². The molecule has 1 N–H and O–H groups in total. The van der Waals surface area contributed by atoms with Crippen molar-refractivity contribution in [2.24, 2.45) is 0 Å². The van der Waals surface area contributed by atoms with Crippen LogP contribution in [0.2, 0.25) is 0 Å². The zero-order valence-corrected chi connectivity index (χ0v) is 21.4. The maximum absolute atomic E-state index is 13.3. The van der Waals surface area contributed by atoms with Crippen LogP contribution in [0, 0.1) is 0 Å². The van der Waals surface area contributed by atoms with E-state index in [1.54, 1.807) is 0 Å². The Morgan fingerprint density at radius 2 is 1.78 bits per heavy atom. The number of hydrogen-bond donors (Lipinski definition) is 1. The van der Waals surface area contributed by atoms with Crippen molar-refractivity contribution in [2.75, 3.05) is 46.5 Å². The largest absolute Gasteiger partial charge is 0.488 e. The number of para-hydroxylation sites is 1. The third-order valence-electron chi connectivity index (χ3n) is 7.50. The first kappa shape index (κ1) is 25.3. The van der Waals surface area contributed by atoms with Crippen LogP contribution in [0.1, 0.15) is 30.4 Å². The van der Waals surface area contributed by atoms with E-state index in [2.05, 4.69) is 10.2 Å². The lowest BCUT2D eigenvalue weighted by Crippen LogP contribution is -2.52. The molecular formula is C29H35N3O5. The van der Waals surface area contributed by atoms with Gasteiger partial charge in [0.25, 0.3) is 0 Å². The van der Waals surface area contributed by atoms with Gasteiger partial charge in [-0.1, -0.05) is 48.5 Å². The fraction of sp³-hybridized carbons (Fsp3) is 0.448. The molecular weight excluding hydrogens is 470 g/mol. The molecule has 0 spiro atoms.